The Kier molecular flexibility index (Phi) is 4.22. The second-order valence-corrected chi connectivity index (χ2v) is 7.94. The second-order valence-electron chi connectivity index (χ2n) is 7.94. The number of amides is 1. The Hall–Kier alpha value is -2.02. The van der Waals surface area contributed by atoms with E-state index in [1.54, 1.807) is 0 Å². The number of aliphatic carboxylic acids is 1. The first kappa shape index (κ1) is 17.4. The molecule has 2 aliphatic heterocycles. The van der Waals surface area contributed by atoms with Gasteiger partial charge in [0.15, 0.2) is 11.6 Å². The molecule has 3 aliphatic rings. The SMILES string of the molecule is O=C(c1cccc(F)c1F)N1C[C@@H]2CN(CC3CCC3)C[C@]2(C(=O)O)C1. The highest BCUT2D eigenvalue weighted by molar-refractivity contribution is 5.95. The van der Waals surface area contributed by atoms with Crippen molar-refractivity contribution in [2.45, 2.75) is 19.3 Å². The van der Waals surface area contributed by atoms with Crippen molar-refractivity contribution >= 4 is 11.9 Å². The van der Waals surface area contributed by atoms with Gasteiger partial charge in [0.05, 0.1) is 5.56 Å². The summed E-state index contributed by atoms with van der Waals surface area (Å²) in [6.07, 6.45) is 3.64. The number of rotatable bonds is 4. The highest BCUT2D eigenvalue weighted by Gasteiger charge is 2.58. The van der Waals surface area contributed by atoms with Gasteiger partial charge < -0.3 is 14.9 Å². The van der Waals surface area contributed by atoms with Gasteiger partial charge in [-0.2, -0.15) is 0 Å². The van der Waals surface area contributed by atoms with Gasteiger partial charge in [0, 0.05) is 38.6 Å². The number of carbonyl (C=O) groups is 2. The summed E-state index contributed by atoms with van der Waals surface area (Å²) in [7, 11) is 0. The molecule has 0 bridgehead atoms. The molecule has 0 aromatic heterocycles. The Labute approximate surface area is 150 Å². The van der Waals surface area contributed by atoms with Crippen LogP contribution < -0.4 is 0 Å². The molecule has 1 saturated carbocycles. The molecule has 2 atom stereocenters. The second kappa shape index (κ2) is 6.30. The van der Waals surface area contributed by atoms with Crippen LogP contribution in [0, 0.1) is 28.9 Å². The molecule has 1 aliphatic carbocycles. The number of carboxylic acid groups (broad SMARTS) is 1. The van der Waals surface area contributed by atoms with Gasteiger partial charge in [0.2, 0.25) is 0 Å². The molecule has 1 aromatic rings. The lowest BCUT2D eigenvalue weighted by Gasteiger charge is -2.31. The summed E-state index contributed by atoms with van der Waals surface area (Å²) in [5.74, 6) is -3.32. The Balaban J connectivity index is 1.51. The minimum Gasteiger partial charge on any atom is -0.481 e. The van der Waals surface area contributed by atoms with E-state index in [0.29, 0.717) is 19.0 Å². The van der Waals surface area contributed by atoms with E-state index in [1.807, 2.05) is 0 Å². The summed E-state index contributed by atoms with van der Waals surface area (Å²) in [5.41, 5.74) is -1.35. The molecule has 0 spiro atoms. The van der Waals surface area contributed by atoms with Crippen molar-refractivity contribution in [3.05, 3.63) is 35.4 Å². The van der Waals surface area contributed by atoms with Crippen molar-refractivity contribution < 1.29 is 23.5 Å². The van der Waals surface area contributed by atoms with Crippen molar-refractivity contribution in [2.75, 3.05) is 32.7 Å². The molecule has 2 saturated heterocycles. The Morgan fingerprint density at radius 1 is 1.19 bits per heavy atom. The number of carboxylic acids is 1. The molecule has 4 rings (SSSR count). The lowest BCUT2D eigenvalue weighted by atomic mass is 9.81. The van der Waals surface area contributed by atoms with E-state index >= 15 is 0 Å². The van der Waals surface area contributed by atoms with Crippen molar-refractivity contribution in [3.63, 3.8) is 0 Å². The van der Waals surface area contributed by atoms with Crippen LogP contribution in [0.3, 0.4) is 0 Å². The molecular formula is C19H22F2N2O3. The molecule has 1 N–H and O–H groups in total. The van der Waals surface area contributed by atoms with Gasteiger partial charge in [0.25, 0.3) is 5.91 Å². The number of hydrogen-bond acceptors (Lipinski definition) is 3. The lowest BCUT2D eigenvalue weighted by Crippen LogP contribution is -2.43. The number of nitrogens with zero attached hydrogens (tertiary/aromatic N) is 2. The number of hydrogen-bond donors (Lipinski definition) is 1. The first-order valence-corrected chi connectivity index (χ1v) is 9.10. The molecule has 5 nitrogen and oxygen atoms in total. The third-order valence-electron chi connectivity index (χ3n) is 6.32. The monoisotopic (exact) mass is 364 g/mol. The highest BCUT2D eigenvalue weighted by Crippen LogP contribution is 2.44. The molecule has 1 amide bonds. The highest BCUT2D eigenvalue weighted by atomic mass is 19.2. The Morgan fingerprint density at radius 3 is 2.58 bits per heavy atom. The topological polar surface area (TPSA) is 60.9 Å². The summed E-state index contributed by atoms with van der Waals surface area (Å²) in [6.45, 7) is 2.28. The predicted molar refractivity (Wildman–Crippen MR) is 89.6 cm³/mol. The molecule has 0 radical (unpaired) electrons. The van der Waals surface area contributed by atoms with Gasteiger partial charge in [-0.25, -0.2) is 8.78 Å². The molecule has 2 heterocycles. The number of benzene rings is 1. The molecule has 7 heteroatoms. The summed E-state index contributed by atoms with van der Waals surface area (Å²) in [5, 5.41) is 9.87. The van der Waals surface area contributed by atoms with E-state index in [9.17, 15) is 23.5 Å². The molecule has 3 fully saturated rings. The van der Waals surface area contributed by atoms with Crippen LogP contribution in [-0.4, -0.2) is 59.5 Å². The average molecular weight is 364 g/mol. The number of fused-ring (bicyclic) bond motifs is 1. The normalized spacial score (nSPS) is 28.8. The van der Waals surface area contributed by atoms with Crippen LogP contribution in [0.4, 0.5) is 8.78 Å². The van der Waals surface area contributed by atoms with Gasteiger partial charge in [-0.15, -0.1) is 0 Å². The van der Waals surface area contributed by atoms with Crippen molar-refractivity contribution in [2.24, 2.45) is 17.3 Å². The van der Waals surface area contributed by atoms with Crippen molar-refractivity contribution in [1.29, 1.82) is 0 Å². The number of likely N-dealkylation sites (tertiary alicyclic amines) is 2. The maximum Gasteiger partial charge on any atom is 0.313 e. The predicted octanol–water partition coefficient (Wildman–Crippen LogP) is 2.22. The van der Waals surface area contributed by atoms with E-state index in [4.69, 9.17) is 0 Å². The number of halogens is 2. The quantitative estimate of drug-likeness (QED) is 0.890. The molecule has 1 aromatic carbocycles. The average Bonchev–Trinajstić information content (AvgIpc) is 3.08. The minimum absolute atomic E-state index is 0.0446. The molecule has 0 unspecified atom stereocenters. The van der Waals surface area contributed by atoms with Crippen LogP contribution in [0.25, 0.3) is 0 Å². The fourth-order valence-corrected chi connectivity index (χ4v) is 4.65. The standard InChI is InChI=1S/C19H22F2N2O3/c20-15-6-2-5-14(16(15)21)17(24)23-9-13-8-22(7-12-3-1-4-12)10-19(13,11-23)18(25)26/h2,5-6,12-13H,1,3-4,7-11H2,(H,25,26)/t13-,19-/m0/s1. The zero-order valence-electron chi connectivity index (χ0n) is 14.5. The zero-order chi connectivity index (χ0) is 18.5. The van der Waals surface area contributed by atoms with Crippen LogP contribution in [0.1, 0.15) is 29.6 Å². The van der Waals surface area contributed by atoms with Crippen LogP contribution in [0.15, 0.2) is 18.2 Å². The first-order valence-electron chi connectivity index (χ1n) is 9.10. The van der Waals surface area contributed by atoms with Gasteiger partial charge in [0.1, 0.15) is 5.41 Å². The zero-order valence-corrected chi connectivity index (χ0v) is 14.5. The Morgan fingerprint density at radius 2 is 1.96 bits per heavy atom. The van der Waals surface area contributed by atoms with Gasteiger partial charge >= 0.3 is 5.97 Å². The fraction of sp³-hybridized carbons (Fsp3) is 0.579. The summed E-state index contributed by atoms with van der Waals surface area (Å²) in [6, 6.07) is 3.49. The van der Waals surface area contributed by atoms with E-state index in [2.05, 4.69) is 4.90 Å². The van der Waals surface area contributed by atoms with Gasteiger partial charge in [-0.3, -0.25) is 9.59 Å². The number of carbonyl (C=O) groups excluding carboxylic acids is 1. The van der Waals surface area contributed by atoms with E-state index in [1.165, 1.54) is 36.3 Å². The maximum absolute atomic E-state index is 14.0. The van der Waals surface area contributed by atoms with E-state index in [0.717, 1.165) is 12.6 Å². The minimum atomic E-state index is -1.18. The maximum atomic E-state index is 14.0. The molecule has 26 heavy (non-hydrogen) atoms. The van der Waals surface area contributed by atoms with Crippen LogP contribution in [0.5, 0.6) is 0 Å². The third kappa shape index (κ3) is 2.69. The van der Waals surface area contributed by atoms with E-state index < -0.39 is 28.9 Å². The van der Waals surface area contributed by atoms with Crippen molar-refractivity contribution in [1.82, 2.24) is 9.80 Å². The largest absolute Gasteiger partial charge is 0.481 e. The van der Waals surface area contributed by atoms with Crippen molar-refractivity contribution in [3.8, 4) is 0 Å². The van der Waals surface area contributed by atoms with Gasteiger partial charge in [-0.1, -0.05) is 12.5 Å². The fourth-order valence-electron chi connectivity index (χ4n) is 4.65. The summed E-state index contributed by atoms with van der Waals surface area (Å²) < 4.78 is 27.4. The lowest BCUT2D eigenvalue weighted by molar-refractivity contribution is -0.148. The van der Waals surface area contributed by atoms with Gasteiger partial charge in [-0.05, 0) is 30.9 Å². The summed E-state index contributed by atoms with van der Waals surface area (Å²) in [4.78, 5) is 28.3. The first-order chi connectivity index (χ1) is 12.4. The van der Waals surface area contributed by atoms with Crippen LogP contribution >= 0.6 is 0 Å². The van der Waals surface area contributed by atoms with Crippen LogP contribution in [0.2, 0.25) is 0 Å². The smallest absolute Gasteiger partial charge is 0.313 e. The van der Waals surface area contributed by atoms with E-state index in [-0.39, 0.29) is 24.6 Å². The molecular weight excluding hydrogens is 342 g/mol. The third-order valence-corrected chi connectivity index (χ3v) is 6.32. The summed E-state index contributed by atoms with van der Waals surface area (Å²) >= 11 is 0. The molecule has 140 valence electrons. The Bertz CT molecular complexity index is 752. The van der Waals surface area contributed by atoms with Crippen LogP contribution in [-0.2, 0) is 4.79 Å².